The van der Waals surface area contributed by atoms with Gasteiger partial charge in [0.05, 0.1) is 6.61 Å². The van der Waals surface area contributed by atoms with Crippen LogP contribution in [0.15, 0.2) is 0 Å². The van der Waals surface area contributed by atoms with E-state index in [1.807, 2.05) is 0 Å². The third-order valence-corrected chi connectivity index (χ3v) is 1.42. The fourth-order valence-corrected chi connectivity index (χ4v) is 0.816. The average Bonchev–Trinajstić information content (AvgIpc) is 1.87. The molecule has 0 heterocycles. The topological polar surface area (TPSA) is 60.4 Å². The lowest BCUT2D eigenvalue weighted by molar-refractivity contribution is -0.142. The standard InChI is InChI=1S/C6H10O4S/c1-2-10-6(7)4-3-5-11(8)9/h5H,2-4H2,1H3. The van der Waals surface area contributed by atoms with E-state index in [1.54, 1.807) is 6.92 Å². The van der Waals surface area contributed by atoms with Gasteiger partial charge in [0.1, 0.15) is 0 Å². The lowest BCUT2D eigenvalue weighted by Gasteiger charge is -1.96. The highest BCUT2D eigenvalue weighted by Crippen LogP contribution is 1.88. The van der Waals surface area contributed by atoms with Crippen molar-refractivity contribution in [1.29, 1.82) is 0 Å². The molecule has 0 aliphatic rings. The molecule has 0 atom stereocenters. The Morgan fingerprint density at radius 2 is 2.18 bits per heavy atom. The second-order valence-electron chi connectivity index (χ2n) is 1.77. The summed E-state index contributed by atoms with van der Waals surface area (Å²) < 4.78 is 24.4. The van der Waals surface area contributed by atoms with Crippen LogP contribution in [0.4, 0.5) is 0 Å². The van der Waals surface area contributed by atoms with E-state index in [0.29, 0.717) is 6.61 Å². The summed E-state index contributed by atoms with van der Waals surface area (Å²) in [7, 11) is -2.17. The Bertz CT molecular complexity index is 231. The second kappa shape index (κ2) is 5.91. The minimum Gasteiger partial charge on any atom is -0.466 e. The smallest absolute Gasteiger partial charge is 0.306 e. The summed E-state index contributed by atoms with van der Waals surface area (Å²) in [5, 5.41) is 1.04. The maximum Gasteiger partial charge on any atom is 0.306 e. The Labute approximate surface area is 66.7 Å². The molecule has 0 rings (SSSR count). The second-order valence-corrected chi connectivity index (χ2v) is 2.63. The summed E-state index contributed by atoms with van der Waals surface area (Å²) in [4.78, 5) is 10.6. The van der Waals surface area contributed by atoms with Gasteiger partial charge in [-0.3, -0.25) is 4.79 Å². The van der Waals surface area contributed by atoms with Gasteiger partial charge in [0.15, 0.2) is 0 Å². The number of ether oxygens (including phenoxy) is 1. The normalized spacial score (nSPS) is 8.82. The molecule has 0 radical (unpaired) electrons. The van der Waals surface area contributed by atoms with E-state index < -0.39 is 10.3 Å². The number of hydrogen-bond acceptors (Lipinski definition) is 4. The molecule has 11 heavy (non-hydrogen) atoms. The Balaban J connectivity index is 3.55. The quantitative estimate of drug-likeness (QED) is 0.449. The fourth-order valence-electron chi connectivity index (χ4n) is 0.506. The highest BCUT2D eigenvalue weighted by molar-refractivity contribution is 7.71. The number of esters is 1. The number of rotatable bonds is 4. The summed E-state index contributed by atoms with van der Waals surface area (Å²) in [5.74, 6) is -0.366. The summed E-state index contributed by atoms with van der Waals surface area (Å²) in [5.41, 5.74) is 0. The maximum absolute atomic E-state index is 10.6. The molecular formula is C6H10O4S. The van der Waals surface area contributed by atoms with Crippen molar-refractivity contribution >= 4 is 21.6 Å². The maximum atomic E-state index is 10.6. The van der Waals surface area contributed by atoms with Crippen LogP contribution in [0.1, 0.15) is 19.8 Å². The first-order valence-corrected chi connectivity index (χ1v) is 4.37. The molecule has 0 amide bonds. The van der Waals surface area contributed by atoms with E-state index in [0.717, 1.165) is 5.37 Å². The van der Waals surface area contributed by atoms with Crippen LogP contribution in [0, 0.1) is 0 Å². The first-order valence-electron chi connectivity index (χ1n) is 3.23. The van der Waals surface area contributed by atoms with E-state index in [-0.39, 0.29) is 18.8 Å². The third-order valence-electron chi connectivity index (χ3n) is 0.908. The molecule has 0 saturated heterocycles. The first kappa shape index (κ1) is 10.2. The third kappa shape index (κ3) is 7.05. The SMILES string of the molecule is CCOC(=O)CCC=S(=O)=O. The van der Waals surface area contributed by atoms with Crippen LogP contribution in [0.3, 0.4) is 0 Å². The minimum atomic E-state index is -2.17. The van der Waals surface area contributed by atoms with Crippen molar-refractivity contribution in [2.75, 3.05) is 6.61 Å². The van der Waals surface area contributed by atoms with Crippen molar-refractivity contribution < 1.29 is 17.9 Å². The molecule has 0 aliphatic heterocycles. The fraction of sp³-hybridized carbons (Fsp3) is 0.667. The van der Waals surface area contributed by atoms with Gasteiger partial charge in [-0.15, -0.1) is 0 Å². The molecule has 4 nitrogen and oxygen atoms in total. The monoisotopic (exact) mass is 178 g/mol. The minimum absolute atomic E-state index is 0.127. The Morgan fingerprint density at radius 1 is 1.55 bits per heavy atom. The molecule has 0 N–H and O–H groups in total. The molecule has 0 unspecified atom stereocenters. The van der Waals surface area contributed by atoms with E-state index in [2.05, 4.69) is 4.74 Å². The molecule has 0 bridgehead atoms. The van der Waals surface area contributed by atoms with Gasteiger partial charge >= 0.3 is 5.97 Å². The largest absolute Gasteiger partial charge is 0.466 e. The van der Waals surface area contributed by atoms with Crippen molar-refractivity contribution in [3.63, 3.8) is 0 Å². The van der Waals surface area contributed by atoms with Crippen molar-refractivity contribution in [3.05, 3.63) is 0 Å². The van der Waals surface area contributed by atoms with Gasteiger partial charge in [0.25, 0.3) is 0 Å². The molecule has 0 aliphatic carbocycles. The van der Waals surface area contributed by atoms with Crippen molar-refractivity contribution in [3.8, 4) is 0 Å². The zero-order valence-corrected chi connectivity index (χ0v) is 7.06. The van der Waals surface area contributed by atoms with Gasteiger partial charge in [-0.05, 0) is 13.3 Å². The van der Waals surface area contributed by atoms with E-state index in [9.17, 15) is 13.2 Å². The molecule has 0 aromatic carbocycles. The van der Waals surface area contributed by atoms with Crippen LogP contribution in [0.25, 0.3) is 0 Å². The number of carbonyl (C=O) groups is 1. The highest BCUT2D eigenvalue weighted by atomic mass is 32.2. The molecule has 0 fully saturated rings. The predicted molar refractivity (Wildman–Crippen MR) is 40.9 cm³/mol. The summed E-state index contributed by atoms with van der Waals surface area (Å²) in [6.07, 6.45) is 0.344. The van der Waals surface area contributed by atoms with E-state index in [1.165, 1.54) is 0 Å². The molecule has 0 saturated carbocycles. The Morgan fingerprint density at radius 3 is 2.64 bits per heavy atom. The molecular weight excluding hydrogens is 168 g/mol. The van der Waals surface area contributed by atoms with Gasteiger partial charge in [0.2, 0.25) is 10.3 Å². The van der Waals surface area contributed by atoms with Crippen LogP contribution in [0.5, 0.6) is 0 Å². The molecule has 0 spiro atoms. The highest BCUT2D eigenvalue weighted by Gasteiger charge is 1.97. The van der Waals surface area contributed by atoms with Crippen LogP contribution in [0.2, 0.25) is 0 Å². The van der Waals surface area contributed by atoms with Crippen molar-refractivity contribution in [2.45, 2.75) is 19.8 Å². The summed E-state index contributed by atoms with van der Waals surface area (Å²) >= 11 is 0. The van der Waals surface area contributed by atoms with Gasteiger partial charge in [0, 0.05) is 11.8 Å². The van der Waals surface area contributed by atoms with Gasteiger partial charge in [-0.2, -0.15) is 8.42 Å². The van der Waals surface area contributed by atoms with Crippen LogP contribution >= 0.6 is 0 Å². The predicted octanol–water partition coefficient (Wildman–Crippen LogP) is 0.0110. The first-order chi connectivity index (χ1) is 5.16. The van der Waals surface area contributed by atoms with Crippen LogP contribution < -0.4 is 0 Å². The van der Waals surface area contributed by atoms with E-state index >= 15 is 0 Å². The van der Waals surface area contributed by atoms with E-state index in [4.69, 9.17) is 0 Å². The van der Waals surface area contributed by atoms with Gasteiger partial charge in [-0.1, -0.05) is 0 Å². The van der Waals surface area contributed by atoms with Crippen molar-refractivity contribution in [1.82, 2.24) is 0 Å². The summed E-state index contributed by atoms with van der Waals surface area (Å²) in [6, 6.07) is 0. The summed E-state index contributed by atoms with van der Waals surface area (Å²) in [6.45, 7) is 2.03. The molecule has 64 valence electrons. The lowest BCUT2D eigenvalue weighted by atomic mass is 10.3. The lowest BCUT2D eigenvalue weighted by Crippen LogP contribution is -2.03. The van der Waals surface area contributed by atoms with Gasteiger partial charge in [-0.25, -0.2) is 0 Å². The average molecular weight is 178 g/mol. The van der Waals surface area contributed by atoms with Crippen molar-refractivity contribution in [2.24, 2.45) is 0 Å². The number of hydrogen-bond donors (Lipinski definition) is 0. The number of carbonyl (C=O) groups excluding carboxylic acids is 1. The van der Waals surface area contributed by atoms with Crippen LogP contribution in [-0.4, -0.2) is 26.4 Å². The molecule has 0 aromatic rings. The Kier molecular flexibility index (Phi) is 5.46. The Hall–Kier alpha value is -0.840. The zero-order chi connectivity index (χ0) is 8.69. The van der Waals surface area contributed by atoms with Crippen LogP contribution in [-0.2, 0) is 19.8 Å². The molecule has 0 aromatic heterocycles. The van der Waals surface area contributed by atoms with Gasteiger partial charge < -0.3 is 4.74 Å². The zero-order valence-electron chi connectivity index (χ0n) is 6.24. The molecule has 5 heteroatoms.